The summed E-state index contributed by atoms with van der Waals surface area (Å²) in [6, 6.07) is 10.0. The van der Waals surface area contributed by atoms with Crippen LogP contribution in [0.15, 0.2) is 36.4 Å². The SMILES string of the molecule is COC(=O)Oc1c2ccccc2c(OC(=O)OC)c2c(Cl)c(Cl)ccc12. The molecule has 134 valence electrons. The van der Waals surface area contributed by atoms with Crippen molar-refractivity contribution >= 4 is 57.1 Å². The van der Waals surface area contributed by atoms with Crippen LogP contribution in [0.25, 0.3) is 21.5 Å². The van der Waals surface area contributed by atoms with Gasteiger partial charge >= 0.3 is 12.3 Å². The van der Waals surface area contributed by atoms with Gasteiger partial charge in [-0.2, -0.15) is 0 Å². The Labute approximate surface area is 158 Å². The monoisotopic (exact) mass is 394 g/mol. The fourth-order valence-corrected chi connectivity index (χ4v) is 2.99. The van der Waals surface area contributed by atoms with Crippen LogP contribution in [0.2, 0.25) is 10.0 Å². The molecule has 0 atom stereocenters. The van der Waals surface area contributed by atoms with Crippen molar-refractivity contribution in [1.82, 2.24) is 0 Å². The van der Waals surface area contributed by atoms with Gasteiger partial charge in [-0.3, -0.25) is 0 Å². The van der Waals surface area contributed by atoms with Crippen molar-refractivity contribution in [2.75, 3.05) is 14.2 Å². The molecule has 0 heterocycles. The summed E-state index contributed by atoms with van der Waals surface area (Å²) in [6.45, 7) is 0. The number of carbonyl (C=O) groups excluding carboxylic acids is 2. The number of benzene rings is 3. The molecule has 0 saturated heterocycles. The highest BCUT2D eigenvalue weighted by molar-refractivity contribution is 6.46. The normalized spacial score (nSPS) is 10.6. The predicted octanol–water partition coefficient (Wildman–Crippen LogP) is 5.59. The van der Waals surface area contributed by atoms with Gasteiger partial charge in [-0.05, 0) is 12.1 Å². The van der Waals surface area contributed by atoms with E-state index < -0.39 is 12.3 Å². The summed E-state index contributed by atoms with van der Waals surface area (Å²) in [5.74, 6) is 0.352. The minimum Gasteiger partial charge on any atom is -0.437 e. The van der Waals surface area contributed by atoms with Gasteiger partial charge in [-0.1, -0.05) is 47.5 Å². The fourth-order valence-electron chi connectivity index (χ4n) is 2.59. The second-order valence-corrected chi connectivity index (χ2v) is 5.89. The summed E-state index contributed by atoms with van der Waals surface area (Å²) in [5, 5.41) is 2.11. The maximum absolute atomic E-state index is 11.7. The quantitative estimate of drug-likeness (QED) is 0.320. The largest absolute Gasteiger partial charge is 0.513 e. The molecule has 8 heteroatoms. The van der Waals surface area contributed by atoms with E-state index in [0.717, 1.165) is 0 Å². The van der Waals surface area contributed by atoms with Gasteiger partial charge in [0, 0.05) is 21.5 Å². The van der Waals surface area contributed by atoms with Crippen LogP contribution in [0.5, 0.6) is 11.5 Å². The summed E-state index contributed by atoms with van der Waals surface area (Å²) in [4.78, 5) is 23.5. The molecule has 0 fully saturated rings. The van der Waals surface area contributed by atoms with Crippen LogP contribution in [0, 0.1) is 0 Å². The first-order chi connectivity index (χ1) is 12.5. The summed E-state index contributed by atoms with van der Waals surface area (Å²) in [7, 11) is 2.39. The number of ether oxygens (including phenoxy) is 4. The molecule has 3 aromatic carbocycles. The van der Waals surface area contributed by atoms with Crippen LogP contribution in [0.3, 0.4) is 0 Å². The first-order valence-corrected chi connectivity index (χ1v) is 8.07. The summed E-state index contributed by atoms with van der Waals surface area (Å²) < 4.78 is 19.9. The van der Waals surface area contributed by atoms with E-state index in [4.69, 9.17) is 32.7 Å². The fraction of sp³-hybridized carbons (Fsp3) is 0.111. The summed E-state index contributed by atoms with van der Waals surface area (Å²) in [5.41, 5.74) is 0. The Morgan fingerprint density at radius 1 is 0.769 bits per heavy atom. The Morgan fingerprint density at radius 3 is 1.88 bits per heavy atom. The molecule has 3 rings (SSSR count). The summed E-state index contributed by atoms with van der Waals surface area (Å²) >= 11 is 12.5. The second kappa shape index (κ2) is 7.27. The van der Waals surface area contributed by atoms with Crippen LogP contribution in [0.4, 0.5) is 9.59 Å². The maximum atomic E-state index is 11.7. The molecule has 0 aliphatic heterocycles. The Bertz CT molecular complexity index is 1030. The zero-order chi connectivity index (χ0) is 18.8. The van der Waals surface area contributed by atoms with Gasteiger partial charge in [0.05, 0.1) is 24.3 Å². The molecule has 0 aromatic heterocycles. The van der Waals surface area contributed by atoms with Crippen molar-refractivity contribution in [3.8, 4) is 11.5 Å². The lowest BCUT2D eigenvalue weighted by Crippen LogP contribution is -2.10. The van der Waals surface area contributed by atoms with Crippen molar-refractivity contribution in [3.63, 3.8) is 0 Å². The standard InChI is InChI=1S/C18H12Cl2O6/c1-23-17(21)25-15-9-5-3-4-6-10(9)16(26-18(22)24-2)13-11(15)7-8-12(19)14(13)20/h3-8H,1-2H3. The van der Waals surface area contributed by atoms with Gasteiger partial charge in [0.25, 0.3) is 0 Å². The number of halogens is 2. The van der Waals surface area contributed by atoms with E-state index in [2.05, 4.69) is 9.47 Å². The van der Waals surface area contributed by atoms with Crippen LogP contribution in [0.1, 0.15) is 0 Å². The van der Waals surface area contributed by atoms with E-state index in [1.165, 1.54) is 14.2 Å². The van der Waals surface area contributed by atoms with Crippen LogP contribution in [-0.4, -0.2) is 26.5 Å². The molecule has 0 amide bonds. The molecule has 6 nitrogen and oxygen atoms in total. The highest BCUT2D eigenvalue weighted by atomic mass is 35.5. The Morgan fingerprint density at radius 2 is 1.31 bits per heavy atom. The lowest BCUT2D eigenvalue weighted by molar-refractivity contribution is 0.120. The van der Waals surface area contributed by atoms with Crippen molar-refractivity contribution in [3.05, 3.63) is 46.4 Å². The summed E-state index contributed by atoms with van der Waals surface area (Å²) in [6.07, 6.45) is -1.82. The predicted molar refractivity (Wildman–Crippen MR) is 97.5 cm³/mol. The molecule has 0 bridgehead atoms. The van der Waals surface area contributed by atoms with Gasteiger partial charge < -0.3 is 18.9 Å². The van der Waals surface area contributed by atoms with E-state index in [9.17, 15) is 9.59 Å². The van der Waals surface area contributed by atoms with Gasteiger partial charge in [-0.15, -0.1) is 0 Å². The smallest absolute Gasteiger partial charge is 0.437 e. The zero-order valence-corrected chi connectivity index (χ0v) is 15.2. The molecule has 0 spiro atoms. The van der Waals surface area contributed by atoms with Crippen molar-refractivity contribution < 1.29 is 28.5 Å². The Hall–Kier alpha value is -2.70. The number of carbonyl (C=O) groups is 2. The molecule has 0 aliphatic carbocycles. The average Bonchev–Trinajstić information content (AvgIpc) is 2.66. The van der Waals surface area contributed by atoms with E-state index >= 15 is 0 Å². The lowest BCUT2D eigenvalue weighted by atomic mass is 10.0. The molecule has 26 heavy (non-hydrogen) atoms. The minimum atomic E-state index is -0.922. The molecule has 3 aromatic rings. The molecule has 0 saturated carbocycles. The highest BCUT2D eigenvalue weighted by Gasteiger charge is 2.23. The molecule has 0 radical (unpaired) electrons. The third-order valence-electron chi connectivity index (χ3n) is 3.69. The van der Waals surface area contributed by atoms with E-state index in [-0.39, 0.29) is 21.5 Å². The van der Waals surface area contributed by atoms with Gasteiger partial charge in [0.15, 0.2) is 11.5 Å². The number of rotatable bonds is 2. The molecule has 0 aliphatic rings. The second-order valence-electron chi connectivity index (χ2n) is 5.10. The van der Waals surface area contributed by atoms with Crippen molar-refractivity contribution in [1.29, 1.82) is 0 Å². The Kier molecular flexibility index (Phi) is 5.06. The molecule has 0 unspecified atom stereocenters. The van der Waals surface area contributed by atoms with E-state index in [1.54, 1.807) is 36.4 Å². The number of hydrogen-bond acceptors (Lipinski definition) is 6. The van der Waals surface area contributed by atoms with Crippen LogP contribution < -0.4 is 9.47 Å². The topological polar surface area (TPSA) is 71.1 Å². The lowest BCUT2D eigenvalue weighted by Gasteiger charge is -2.16. The first kappa shape index (κ1) is 18.1. The minimum absolute atomic E-state index is 0.142. The van der Waals surface area contributed by atoms with Crippen LogP contribution >= 0.6 is 23.2 Å². The van der Waals surface area contributed by atoms with Gasteiger partial charge in [0.2, 0.25) is 0 Å². The average molecular weight is 395 g/mol. The first-order valence-electron chi connectivity index (χ1n) is 7.32. The van der Waals surface area contributed by atoms with Gasteiger partial charge in [0.1, 0.15) is 0 Å². The number of methoxy groups -OCH3 is 2. The van der Waals surface area contributed by atoms with E-state index in [1.807, 2.05) is 0 Å². The zero-order valence-electron chi connectivity index (χ0n) is 13.7. The van der Waals surface area contributed by atoms with Crippen LogP contribution in [-0.2, 0) is 9.47 Å². The molecule has 0 N–H and O–H groups in total. The van der Waals surface area contributed by atoms with Crippen molar-refractivity contribution in [2.24, 2.45) is 0 Å². The third kappa shape index (κ3) is 3.09. The Balaban J connectivity index is 2.47. The third-order valence-corrected chi connectivity index (χ3v) is 4.49. The van der Waals surface area contributed by atoms with Gasteiger partial charge in [-0.25, -0.2) is 9.59 Å². The van der Waals surface area contributed by atoms with E-state index in [0.29, 0.717) is 21.5 Å². The number of hydrogen-bond donors (Lipinski definition) is 0. The number of fused-ring (bicyclic) bond motifs is 2. The molecular formula is C18H12Cl2O6. The highest BCUT2D eigenvalue weighted by Crippen LogP contribution is 2.47. The van der Waals surface area contributed by atoms with Crippen molar-refractivity contribution in [2.45, 2.75) is 0 Å². The maximum Gasteiger partial charge on any atom is 0.513 e. The molecular weight excluding hydrogens is 383 g/mol.